The van der Waals surface area contributed by atoms with Gasteiger partial charge >= 0.3 is 6.09 Å². The van der Waals surface area contributed by atoms with Crippen molar-refractivity contribution in [1.82, 2.24) is 19.8 Å². The zero-order valence-corrected chi connectivity index (χ0v) is 14.7. The molecule has 2 aliphatic rings. The van der Waals surface area contributed by atoms with E-state index in [4.69, 9.17) is 4.74 Å². The Morgan fingerprint density at radius 2 is 2.04 bits per heavy atom. The Labute approximate surface area is 138 Å². The lowest BCUT2D eigenvalue weighted by atomic mass is 10.2. The fourth-order valence-electron chi connectivity index (χ4n) is 3.46. The van der Waals surface area contributed by atoms with Crippen molar-refractivity contribution in [3.63, 3.8) is 0 Å². The molecule has 128 valence electrons. The van der Waals surface area contributed by atoms with Gasteiger partial charge in [-0.15, -0.1) is 0 Å². The minimum absolute atomic E-state index is 0.179. The first kappa shape index (κ1) is 16.3. The number of hydrogen-bond acceptors (Lipinski definition) is 4. The van der Waals surface area contributed by atoms with E-state index in [2.05, 4.69) is 28.7 Å². The molecule has 1 amide bonds. The summed E-state index contributed by atoms with van der Waals surface area (Å²) in [7, 11) is 0. The molecular weight excluding hydrogens is 292 g/mol. The van der Waals surface area contributed by atoms with Crippen LogP contribution in [-0.2, 0) is 11.3 Å². The molecule has 0 aromatic carbocycles. The topological polar surface area (TPSA) is 59.4 Å². The van der Waals surface area contributed by atoms with Gasteiger partial charge in [0.1, 0.15) is 5.60 Å². The number of hydrogen-bond donors (Lipinski definition) is 1. The number of amides is 1. The fourth-order valence-corrected chi connectivity index (χ4v) is 3.46. The Morgan fingerprint density at radius 1 is 1.39 bits per heavy atom. The molecule has 2 unspecified atom stereocenters. The summed E-state index contributed by atoms with van der Waals surface area (Å²) < 4.78 is 7.63. The average Bonchev–Trinajstić information content (AvgIpc) is 2.85. The molecular formula is C17H28N4O2. The highest BCUT2D eigenvalue weighted by atomic mass is 16.6. The van der Waals surface area contributed by atoms with E-state index >= 15 is 0 Å². The number of piperidine rings is 1. The monoisotopic (exact) mass is 320 g/mol. The van der Waals surface area contributed by atoms with Gasteiger partial charge in [-0.25, -0.2) is 9.78 Å². The summed E-state index contributed by atoms with van der Waals surface area (Å²) >= 11 is 0. The molecule has 2 heterocycles. The van der Waals surface area contributed by atoms with E-state index in [1.165, 1.54) is 5.69 Å². The van der Waals surface area contributed by atoms with Crippen LogP contribution in [0.4, 0.5) is 4.79 Å². The molecule has 1 aromatic heterocycles. The first-order valence-corrected chi connectivity index (χ1v) is 8.48. The van der Waals surface area contributed by atoms with E-state index < -0.39 is 5.60 Å². The molecule has 0 bridgehead atoms. The van der Waals surface area contributed by atoms with Crippen molar-refractivity contribution < 1.29 is 9.53 Å². The summed E-state index contributed by atoms with van der Waals surface area (Å²) in [6.07, 6.45) is 3.64. The standard InChI is InChI=1S/C17H28N4O2/c1-11(2)21-10-18-6-12(21)7-19-15-13-8-20(9-14(13)15)16(22)23-17(3,4)5/h6,10-11,13-15,19H,7-9H2,1-5H3. The number of rotatable bonds is 4. The highest BCUT2D eigenvalue weighted by Gasteiger charge is 2.56. The van der Waals surface area contributed by atoms with Gasteiger partial charge in [-0.3, -0.25) is 0 Å². The Kier molecular flexibility index (Phi) is 4.12. The quantitative estimate of drug-likeness (QED) is 0.925. The first-order valence-electron chi connectivity index (χ1n) is 8.48. The van der Waals surface area contributed by atoms with Crippen LogP contribution in [0.25, 0.3) is 0 Å². The molecule has 1 aliphatic heterocycles. The van der Waals surface area contributed by atoms with Crippen LogP contribution >= 0.6 is 0 Å². The van der Waals surface area contributed by atoms with Gasteiger partial charge in [-0.05, 0) is 46.5 Å². The molecule has 6 heteroatoms. The van der Waals surface area contributed by atoms with E-state index in [-0.39, 0.29) is 6.09 Å². The molecule has 2 fully saturated rings. The van der Waals surface area contributed by atoms with Crippen LogP contribution < -0.4 is 5.32 Å². The number of imidazole rings is 1. The number of carbonyl (C=O) groups excluding carboxylic acids is 1. The molecule has 0 spiro atoms. The Hall–Kier alpha value is -1.56. The minimum Gasteiger partial charge on any atom is -0.444 e. The molecule has 1 aromatic rings. The van der Waals surface area contributed by atoms with E-state index in [0.717, 1.165) is 19.6 Å². The van der Waals surface area contributed by atoms with Gasteiger partial charge in [0.25, 0.3) is 0 Å². The average molecular weight is 320 g/mol. The lowest BCUT2D eigenvalue weighted by Gasteiger charge is -2.26. The maximum absolute atomic E-state index is 12.1. The third-order valence-corrected chi connectivity index (χ3v) is 4.67. The van der Waals surface area contributed by atoms with E-state index in [1.807, 2.05) is 38.2 Å². The Morgan fingerprint density at radius 3 is 2.61 bits per heavy atom. The number of likely N-dealkylation sites (tertiary alicyclic amines) is 1. The van der Waals surface area contributed by atoms with Gasteiger partial charge in [-0.2, -0.15) is 0 Å². The predicted molar refractivity (Wildman–Crippen MR) is 88.0 cm³/mol. The highest BCUT2D eigenvalue weighted by molar-refractivity contribution is 5.69. The van der Waals surface area contributed by atoms with Crippen LogP contribution in [0.2, 0.25) is 0 Å². The second kappa shape index (κ2) is 5.82. The van der Waals surface area contributed by atoms with Gasteiger partial charge < -0.3 is 19.5 Å². The van der Waals surface area contributed by atoms with Crippen LogP contribution in [0.1, 0.15) is 46.4 Å². The van der Waals surface area contributed by atoms with E-state index in [1.54, 1.807) is 0 Å². The van der Waals surface area contributed by atoms with Crippen LogP contribution in [0, 0.1) is 11.8 Å². The van der Waals surface area contributed by atoms with Crippen molar-refractivity contribution in [2.75, 3.05) is 13.1 Å². The molecule has 1 aliphatic carbocycles. The molecule has 3 rings (SSSR count). The molecule has 23 heavy (non-hydrogen) atoms. The maximum Gasteiger partial charge on any atom is 0.410 e. The zero-order chi connectivity index (χ0) is 16.8. The number of nitrogens with zero attached hydrogens (tertiary/aromatic N) is 3. The van der Waals surface area contributed by atoms with E-state index in [9.17, 15) is 4.79 Å². The molecule has 6 nitrogen and oxygen atoms in total. The van der Waals surface area contributed by atoms with Crippen LogP contribution in [0.3, 0.4) is 0 Å². The van der Waals surface area contributed by atoms with Crippen LogP contribution in [0.15, 0.2) is 12.5 Å². The molecule has 1 N–H and O–H groups in total. The first-order chi connectivity index (χ1) is 10.8. The smallest absolute Gasteiger partial charge is 0.410 e. The normalized spacial score (nSPS) is 26.5. The summed E-state index contributed by atoms with van der Waals surface area (Å²) in [5.74, 6) is 1.14. The Balaban J connectivity index is 1.45. The van der Waals surface area contributed by atoms with Gasteiger partial charge in [0.2, 0.25) is 0 Å². The van der Waals surface area contributed by atoms with Crippen molar-refractivity contribution >= 4 is 6.09 Å². The number of aromatic nitrogens is 2. The summed E-state index contributed by atoms with van der Waals surface area (Å²) in [6.45, 7) is 12.5. The number of ether oxygens (including phenoxy) is 1. The Bertz CT molecular complexity index is 563. The van der Waals surface area contributed by atoms with Crippen molar-refractivity contribution in [1.29, 1.82) is 0 Å². The van der Waals surface area contributed by atoms with Crippen molar-refractivity contribution in [3.8, 4) is 0 Å². The summed E-state index contributed by atoms with van der Waals surface area (Å²) in [4.78, 5) is 18.2. The lowest BCUT2D eigenvalue weighted by Crippen LogP contribution is -2.39. The van der Waals surface area contributed by atoms with E-state index in [0.29, 0.717) is 23.9 Å². The fraction of sp³-hybridized carbons (Fsp3) is 0.765. The SMILES string of the molecule is CC(C)n1cncc1CNC1C2CN(C(=O)OC(C)(C)C)CC21. The molecule has 2 atom stereocenters. The van der Waals surface area contributed by atoms with Crippen molar-refractivity contribution in [2.45, 2.75) is 58.8 Å². The van der Waals surface area contributed by atoms with Gasteiger partial charge in [0.15, 0.2) is 0 Å². The van der Waals surface area contributed by atoms with Crippen LogP contribution in [-0.4, -0.2) is 45.3 Å². The lowest BCUT2D eigenvalue weighted by molar-refractivity contribution is 0.0269. The predicted octanol–water partition coefficient (Wildman–Crippen LogP) is 2.42. The van der Waals surface area contributed by atoms with Gasteiger partial charge in [0, 0.05) is 37.9 Å². The summed E-state index contributed by atoms with van der Waals surface area (Å²) in [6, 6.07) is 0.944. The maximum atomic E-state index is 12.1. The summed E-state index contributed by atoms with van der Waals surface area (Å²) in [5.41, 5.74) is 0.797. The third kappa shape index (κ3) is 3.52. The second-order valence-corrected chi connectivity index (χ2v) is 8.01. The third-order valence-electron chi connectivity index (χ3n) is 4.67. The molecule has 1 saturated carbocycles. The minimum atomic E-state index is -0.420. The molecule has 1 saturated heterocycles. The van der Waals surface area contributed by atoms with Crippen molar-refractivity contribution in [3.05, 3.63) is 18.2 Å². The largest absolute Gasteiger partial charge is 0.444 e. The van der Waals surface area contributed by atoms with Gasteiger partial charge in [-0.1, -0.05) is 0 Å². The number of carbonyl (C=O) groups is 1. The van der Waals surface area contributed by atoms with Crippen molar-refractivity contribution in [2.24, 2.45) is 11.8 Å². The number of fused-ring (bicyclic) bond motifs is 1. The van der Waals surface area contributed by atoms with Crippen LogP contribution in [0.5, 0.6) is 0 Å². The van der Waals surface area contributed by atoms with Gasteiger partial charge in [0.05, 0.1) is 12.0 Å². The number of nitrogens with one attached hydrogen (secondary N) is 1. The zero-order valence-electron chi connectivity index (χ0n) is 14.7. The molecule has 0 radical (unpaired) electrons. The summed E-state index contributed by atoms with van der Waals surface area (Å²) in [5, 5.41) is 3.62. The highest BCUT2D eigenvalue weighted by Crippen LogP contribution is 2.45. The second-order valence-electron chi connectivity index (χ2n) is 8.01.